The van der Waals surface area contributed by atoms with Gasteiger partial charge in [-0.2, -0.15) is 0 Å². The molecule has 5 heteroatoms. The topological polar surface area (TPSA) is 58.1 Å². The summed E-state index contributed by atoms with van der Waals surface area (Å²) in [6.45, 7) is 6.10. The van der Waals surface area contributed by atoms with Crippen molar-refractivity contribution in [3.8, 4) is 11.1 Å². The minimum Gasteiger partial charge on any atom is -0.341 e. The average molecular weight is 372 g/mol. The van der Waals surface area contributed by atoms with Crippen LogP contribution in [0.4, 0.5) is 11.6 Å². The summed E-state index contributed by atoms with van der Waals surface area (Å²) in [5.74, 6) is 0.685. The molecule has 1 amide bonds. The van der Waals surface area contributed by atoms with E-state index in [0.717, 1.165) is 41.4 Å². The lowest BCUT2D eigenvalue weighted by atomic mass is 10.1. The highest BCUT2D eigenvalue weighted by Crippen LogP contribution is 2.22. The number of nitrogens with zero attached hydrogens (tertiary/aromatic N) is 3. The van der Waals surface area contributed by atoms with Gasteiger partial charge in [0, 0.05) is 42.3 Å². The highest BCUT2D eigenvalue weighted by atomic mass is 16.1. The van der Waals surface area contributed by atoms with Crippen LogP contribution in [0, 0.1) is 13.8 Å². The van der Waals surface area contributed by atoms with Crippen molar-refractivity contribution in [3.63, 3.8) is 0 Å². The van der Waals surface area contributed by atoms with Crippen LogP contribution in [-0.2, 0) is 0 Å². The van der Waals surface area contributed by atoms with Crippen LogP contribution in [0.3, 0.4) is 0 Å². The second-order valence-electron chi connectivity index (χ2n) is 7.32. The summed E-state index contributed by atoms with van der Waals surface area (Å²) in [6, 6.07) is 13.5. The molecule has 2 heterocycles. The smallest absolute Gasteiger partial charge is 0.255 e. The number of carbonyl (C=O) groups excluding carboxylic acids is 1. The first kappa shape index (κ1) is 18.2. The zero-order valence-electron chi connectivity index (χ0n) is 16.3. The fourth-order valence-corrected chi connectivity index (χ4v) is 3.51. The third kappa shape index (κ3) is 3.88. The Kier molecular flexibility index (Phi) is 5.06. The monoisotopic (exact) mass is 372 g/mol. The van der Waals surface area contributed by atoms with E-state index in [9.17, 15) is 4.79 Å². The maximum absolute atomic E-state index is 12.5. The molecule has 2 aromatic carbocycles. The van der Waals surface area contributed by atoms with Crippen LogP contribution in [0.2, 0.25) is 0 Å². The summed E-state index contributed by atoms with van der Waals surface area (Å²) in [5.41, 5.74) is 5.64. The number of hydrogen-bond donors (Lipinski definition) is 1. The molecule has 1 fully saturated rings. The van der Waals surface area contributed by atoms with Crippen LogP contribution < -0.4 is 10.2 Å². The van der Waals surface area contributed by atoms with Crippen molar-refractivity contribution >= 4 is 17.5 Å². The van der Waals surface area contributed by atoms with E-state index in [2.05, 4.69) is 26.3 Å². The Morgan fingerprint density at radius 1 is 0.929 bits per heavy atom. The molecule has 0 saturated carbocycles. The van der Waals surface area contributed by atoms with Gasteiger partial charge >= 0.3 is 0 Å². The van der Waals surface area contributed by atoms with Gasteiger partial charge in [0.1, 0.15) is 0 Å². The normalized spacial score (nSPS) is 13.6. The Bertz CT molecular complexity index is 974. The molecule has 1 aliphatic heterocycles. The van der Waals surface area contributed by atoms with Crippen molar-refractivity contribution in [1.82, 2.24) is 9.97 Å². The van der Waals surface area contributed by atoms with E-state index in [1.165, 1.54) is 18.4 Å². The molecule has 0 unspecified atom stereocenters. The van der Waals surface area contributed by atoms with Crippen molar-refractivity contribution < 1.29 is 4.79 Å². The lowest BCUT2D eigenvalue weighted by molar-refractivity contribution is 0.102. The zero-order chi connectivity index (χ0) is 19.5. The second-order valence-corrected chi connectivity index (χ2v) is 7.32. The first-order chi connectivity index (χ1) is 13.6. The van der Waals surface area contributed by atoms with E-state index >= 15 is 0 Å². The van der Waals surface area contributed by atoms with E-state index < -0.39 is 0 Å². The number of hydrogen-bond acceptors (Lipinski definition) is 4. The number of aryl methyl sites for hydroxylation is 2. The van der Waals surface area contributed by atoms with Crippen LogP contribution in [0.25, 0.3) is 11.1 Å². The Labute approximate surface area is 165 Å². The van der Waals surface area contributed by atoms with Crippen molar-refractivity contribution in [1.29, 1.82) is 0 Å². The summed E-state index contributed by atoms with van der Waals surface area (Å²) in [5, 5.41) is 2.98. The number of amides is 1. The number of nitrogens with one attached hydrogen (secondary N) is 1. The molecule has 28 heavy (non-hydrogen) atoms. The van der Waals surface area contributed by atoms with Gasteiger partial charge < -0.3 is 10.2 Å². The fraction of sp³-hybridized carbons (Fsp3) is 0.261. The van der Waals surface area contributed by atoms with Crippen molar-refractivity contribution in [2.45, 2.75) is 26.7 Å². The van der Waals surface area contributed by atoms with Crippen LogP contribution in [0.15, 0.2) is 54.9 Å². The van der Waals surface area contributed by atoms with Gasteiger partial charge in [0.05, 0.1) is 0 Å². The van der Waals surface area contributed by atoms with E-state index in [0.29, 0.717) is 5.56 Å². The number of carbonyl (C=O) groups is 1. The van der Waals surface area contributed by atoms with E-state index in [-0.39, 0.29) is 5.91 Å². The molecular weight excluding hydrogens is 348 g/mol. The first-order valence-corrected chi connectivity index (χ1v) is 9.66. The van der Waals surface area contributed by atoms with Crippen LogP contribution in [0.5, 0.6) is 0 Å². The highest BCUT2D eigenvalue weighted by molar-refractivity contribution is 6.04. The zero-order valence-corrected chi connectivity index (χ0v) is 16.3. The highest BCUT2D eigenvalue weighted by Gasteiger charge is 2.14. The lowest BCUT2D eigenvalue weighted by Gasteiger charge is -2.14. The summed E-state index contributed by atoms with van der Waals surface area (Å²) in [6.07, 6.45) is 6.12. The molecule has 0 spiro atoms. The molecule has 1 N–H and O–H groups in total. The Morgan fingerprint density at radius 2 is 1.61 bits per heavy atom. The summed E-state index contributed by atoms with van der Waals surface area (Å²) >= 11 is 0. The molecule has 1 aromatic heterocycles. The van der Waals surface area contributed by atoms with E-state index in [1.54, 1.807) is 0 Å². The Balaban J connectivity index is 1.46. The third-order valence-corrected chi connectivity index (χ3v) is 5.14. The van der Waals surface area contributed by atoms with Gasteiger partial charge in [-0.25, -0.2) is 9.97 Å². The van der Waals surface area contributed by atoms with Gasteiger partial charge in [-0.05, 0) is 56.0 Å². The summed E-state index contributed by atoms with van der Waals surface area (Å²) < 4.78 is 0. The predicted molar refractivity (Wildman–Crippen MR) is 113 cm³/mol. The van der Waals surface area contributed by atoms with Gasteiger partial charge in [0.2, 0.25) is 5.95 Å². The molecule has 1 aliphatic rings. The molecule has 1 saturated heterocycles. The molecule has 0 radical (unpaired) electrons. The fourth-order valence-electron chi connectivity index (χ4n) is 3.51. The molecule has 3 aromatic rings. The van der Waals surface area contributed by atoms with E-state index in [1.807, 2.05) is 62.6 Å². The molecule has 5 nitrogen and oxygen atoms in total. The maximum Gasteiger partial charge on any atom is 0.255 e. The van der Waals surface area contributed by atoms with Gasteiger partial charge in [-0.15, -0.1) is 0 Å². The molecular formula is C23H24N4O. The lowest BCUT2D eigenvalue weighted by Crippen LogP contribution is -2.20. The molecule has 0 bridgehead atoms. The van der Waals surface area contributed by atoms with Crippen molar-refractivity contribution in [2.75, 3.05) is 23.3 Å². The average Bonchev–Trinajstić information content (AvgIpc) is 3.25. The Morgan fingerprint density at radius 3 is 2.25 bits per heavy atom. The summed E-state index contributed by atoms with van der Waals surface area (Å²) in [7, 11) is 0. The minimum atomic E-state index is -0.112. The minimum absolute atomic E-state index is 0.112. The predicted octanol–water partition coefficient (Wildman–Crippen LogP) is 4.61. The number of benzene rings is 2. The number of anilines is 2. The number of aromatic nitrogens is 2. The van der Waals surface area contributed by atoms with Gasteiger partial charge in [-0.1, -0.05) is 29.8 Å². The van der Waals surface area contributed by atoms with Crippen molar-refractivity contribution in [3.05, 3.63) is 71.5 Å². The third-order valence-electron chi connectivity index (χ3n) is 5.14. The Hall–Kier alpha value is -3.21. The molecule has 0 aliphatic carbocycles. The molecule has 0 atom stereocenters. The van der Waals surface area contributed by atoms with Crippen molar-refractivity contribution in [2.24, 2.45) is 0 Å². The van der Waals surface area contributed by atoms with Crippen LogP contribution >= 0.6 is 0 Å². The second kappa shape index (κ2) is 7.80. The first-order valence-electron chi connectivity index (χ1n) is 9.66. The molecule has 142 valence electrons. The van der Waals surface area contributed by atoms with Crippen LogP contribution in [-0.4, -0.2) is 29.0 Å². The molecule has 4 rings (SSSR count). The standard InChI is InChI=1S/C23H24N4O/c1-16-5-10-21(17(2)13-16)26-22(28)19-8-6-18(7-9-19)20-14-24-23(25-15-20)27-11-3-4-12-27/h5-10,13-15H,3-4,11-12H2,1-2H3,(H,26,28). The van der Waals surface area contributed by atoms with Crippen LogP contribution in [0.1, 0.15) is 34.3 Å². The number of rotatable bonds is 4. The quantitative estimate of drug-likeness (QED) is 0.726. The summed E-state index contributed by atoms with van der Waals surface area (Å²) in [4.78, 5) is 23.8. The maximum atomic E-state index is 12.5. The van der Waals surface area contributed by atoms with E-state index in [4.69, 9.17) is 0 Å². The van der Waals surface area contributed by atoms with Gasteiger partial charge in [-0.3, -0.25) is 4.79 Å². The van der Waals surface area contributed by atoms with Gasteiger partial charge in [0.25, 0.3) is 5.91 Å². The largest absolute Gasteiger partial charge is 0.341 e. The SMILES string of the molecule is Cc1ccc(NC(=O)c2ccc(-c3cnc(N4CCCC4)nc3)cc2)c(C)c1. The van der Waals surface area contributed by atoms with Gasteiger partial charge in [0.15, 0.2) is 0 Å².